The van der Waals surface area contributed by atoms with Crippen LogP contribution in [0.1, 0.15) is 150 Å². The van der Waals surface area contributed by atoms with Gasteiger partial charge >= 0.3 is 0 Å². The molecular weight excluding hydrogens is 496 g/mol. The van der Waals surface area contributed by atoms with Crippen molar-refractivity contribution in [2.75, 3.05) is 6.61 Å². The van der Waals surface area contributed by atoms with Crippen LogP contribution in [0.25, 0.3) is 0 Å². The third kappa shape index (κ3) is 15.2. The maximum Gasteiger partial charge on any atom is 0.200 e. The average molecular weight is 563 g/mol. The maximum absolute atomic E-state index is 10.7. The van der Waals surface area contributed by atoms with Gasteiger partial charge in [-0.05, 0) is 47.9 Å². The molecule has 0 aliphatic carbocycles. The Balaban J connectivity index is 2.33. The zero-order valence-electron chi connectivity index (χ0n) is 27.1. The molecule has 1 rings (SSSR count). The molecule has 0 radical (unpaired) electrons. The van der Waals surface area contributed by atoms with Crippen LogP contribution in [0.2, 0.25) is 16.6 Å². The molecule has 1 aromatic carbocycles. The van der Waals surface area contributed by atoms with E-state index in [2.05, 4.69) is 78.8 Å². The van der Waals surface area contributed by atoms with Gasteiger partial charge in [0.1, 0.15) is 0 Å². The fourth-order valence-corrected chi connectivity index (χ4v) is 12.1. The predicted molar refractivity (Wildman–Crippen MR) is 173 cm³/mol. The van der Waals surface area contributed by atoms with Gasteiger partial charge in [-0.15, -0.1) is 0 Å². The van der Waals surface area contributed by atoms with Gasteiger partial charge < -0.3 is 14.3 Å². The number of rotatable bonds is 25. The van der Waals surface area contributed by atoms with Crippen LogP contribution in [-0.2, 0) is 15.8 Å². The van der Waals surface area contributed by atoms with Crippen LogP contribution in [-0.4, -0.2) is 32.2 Å². The minimum atomic E-state index is -1.72. The van der Waals surface area contributed by atoms with Crippen LogP contribution in [0.4, 0.5) is 0 Å². The highest BCUT2D eigenvalue weighted by Crippen LogP contribution is 2.42. The van der Waals surface area contributed by atoms with Crippen LogP contribution < -0.4 is 0 Å². The van der Waals surface area contributed by atoms with Gasteiger partial charge in [0.05, 0.1) is 18.8 Å². The molecule has 39 heavy (non-hydrogen) atoms. The molecule has 0 heterocycles. The smallest absolute Gasteiger partial charge is 0.200 e. The molecule has 0 aromatic heterocycles. The lowest BCUT2D eigenvalue weighted by atomic mass is 9.99. The van der Waals surface area contributed by atoms with Crippen molar-refractivity contribution in [3.05, 3.63) is 35.9 Å². The predicted octanol–water partition coefficient (Wildman–Crippen LogP) is 11.0. The van der Waals surface area contributed by atoms with Crippen LogP contribution >= 0.6 is 0 Å². The molecular formula is C35H66O3Si. The van der Waals surface area contributed by atoms with Gasteiger partial charge in [0.2, 0.25) is 0 Å². The van der Waals surface area contributed by atoms with E-state index in [1.807, 2.05) is 0 Å². The topological polar surface area (TPSA) is 38.7 Å². The third-order valence-electron chi connectivity index (χ3n) is 8.73. The van der Waals surface area contributed by atoms with Crippen molar-refractivity contribution in [2.24, 2.45) is 0 Å². The Hall–Kier alpha value is -0.683. The molecule has 2 unspecified atom stereocenters. The molecule has 2 atom stereocenters. The van der Waals surface area contributed by atoms with Crippen LogP contribution in [0.5, 0.6) is 0 Å². The minimum Gasteiger partial charge on any atom is -0.416 e. The summed E-state index contributed by atoms with van der Waals surface area (Å²) in [5, 5.41) is 10.7. The van der Waals surface area contributed by atoms with E-state index in [4.69, 9.17) is 9.16 Å². The van der Waals surface area contributed by atoms with Gasteiger partial charge in [-0.2, -0.15) is 0 Å². The fraction of sp³-hybridized carbons (Fsp3) is 0.829. The molecule has 0 aliphatic heterocycles. The summed E-state index contributed by atoms with van der Waals surface area (Å²) in [6, 6.07) is 10.5. The molecule has 1 aromatic rings. The van der Waals surface area contributed by atoms with Crippen molar-refractivity contribution in [1.29, 1.82) is 0 Å². The van der Waals surface area contributed by atoms with Gasteiger partial charge in [-0.3, -0.25) is 0 Å². The normalized spacial score (nSPS) is 14.0. The fourth-order valence-electron chi connectivity index (χ4n) is 6.57. The van der Waals surface area contributed by atoms with Crippen LogP contribution in [0.15, 0.2) is 30.3 Å². The van der Waals surface area contributed by atoms with Crippen molar-refractivity contribution in [1.82, 2.24) is 0 Å². The van der Waals surface area contributed by atoms with Gasteiger partial charge in [0, 0.05) is 6.61 Å². The Bertz CT molecular complexity index is 654. The van der Waals surface area contributed by atoms with E-state index in [9.17, 15) is 5.11 Å². The summed E-state index contributed by atoms with van der Waals surface area (Å²) in [6.07, 6.45) is 17.7. The van der Waals surface area contributed by atoms with Crippen molar-refractivity contribution in [3.8, 4) is 0 Å². The number of unbranched alkanes of at least 4 members (excludes halogenated alkanes) is 10. The lowest BCUT2D eigenvalue weighted by Gasteiger charge is -2.42. The van der Waals surface area contributed by atoms with Crippen molar-refractivity contribution in [3.63, 3.8) is 0 Å². The first-order chi connectivity index (χ1) is 18.7. The molecule has 0 saturated heterocycles. The second-order valence-corrected chi connectivity index (χ2v) is 18.4. The van der Waals surface area contributed by atoms with Gasteiger partial charge in [-0.25, -0.2) is 0 Å². The van der Waals surface area contributed by atoms with Gasteiger partial charge in [0.25, 0.3) is 0 Å². The highest BCUT2D eigenvalue weighted by Gasteiger charge is 2.44. The lowest BCUT2D eigenvalue weighted by Crippen LogP contribution is -2.47. The Labute approximate surface area is 245 Å². The van der Waals surface area contributed by atoms with E-state index >= 15 is 0 Å². The number of aliphatic hydroxyl groups is 1. The molecule has 4 heteroatoms. The first kappa shape index (κ1) is 36.3. The van der Waals surface area contributed by atoms with Gasteiger partial charge in [-0.1, -0.05) is 149 Å². The standard InChI is InChI=1S/C35H66O3Si/c1-8-9-10-11-14-20-25-34(36)28-35(37-29-33-23-18-17-19-24-33)26-21-15-12-13-16-22-27-38-39(30(2)3,31(4)5)32(6)7/h17-19,23-24,30-32,34-36H,8-16,20-22,25-29H2,1-7H3. The van der Waals surface area contributed by atoms with E-state index in [1.54, 1.807) is 0 Å². The van der Waals surface area contributed by atoms with Crippen LogP contribution in [0, 0.1) is 0 Å². The molecule has 0 aliphatic rings. The van der Waals surface area contributed by atoms with E-state index < -0.39 is 8.32 Å². The molecule has 3 nitrogen and oxygen atoms in total. The molecule has 0 spiro atoms. The van der Waals surface area contributed by atoms with Crippen molar-refractivity contribution in [2.45, 2.75) is 180 Å². The van der Waals surface area contributed by atoms with E-state index in [0.29, 0.717) is 23.2 Å². The number of ether oxygens (including phenoxy) is 1. The van der Waals surface area contributed by atoms with Crippen molar-refractivity contribution >= 4 is 8.32 Å². The summed E-state index contributed by atoms with van der Waals surface area (Å²) in [4.78, 5) is 0. The second kappa shape index (κ2) is 22.0. The lowest BCUT2D eigenvalue weighted by molar-refractivity contribution is -0.00406. The Morgan fingerprint density at radius 3 is 1.74 bits per heavy atom. The second-order valence-electron chi connectivity index (χ2n) is 12.9. The zero-order chi connectivity index (χ0) is 28.9. The largest absolute Gasteiger partial charge is 0.416 e. The summed E-state index contributed by atoms with van der Waals surface area (Å²) >= 11 is 0. The van der Waals surface area contributed by atoms with E-state index in [1.165, 1.54) is 76.2 Å². The van der Waals surface area contributed by atoms with E-state index in [-0.39, 0.29) is 12.2 Å². The molecule has 0 bridgehead atoms. The monoisotopic (exact) mass is 562 g/mol. The maximum atomic E-state index is 10.7. The highest BCUT2D eigenvalue weighted by atomic mass is 28.4. The SMILES string of the molecule is CCCCCCCCC(O)CC(CCCCCCCCO[Si](C(C)C)(C(C)C)C(C)C)OCc1ccccc1. The molecule has 228 valence electrons. The minimum absolute atomic E-state index is 0.148. The number of hydrogen-bond acceptors (Lipinski definition) is 3. The summed E-state index contributed by atoms with van der Waals surface area (Å²) in [6.45, 7) is 18.1. The number of benzene rings is 1. The molecule has 0 saturated carbocycles. The summed E-state index contributed by atoms with van der Waals surface area (Å²) in [5.74, 6) is 0. The molecule has 1 N–H and O–H groups in total. The summed E-state index contributed by atoms with van der Waals surface area (Å²) in [7, 11) is -1.72. The summed E-state index contributed by atoms with van der Waals surface area (Å²) in [5.41, 5.74) is 3.21. The first-order valence-corrected chi connectivity index (χ1v) is 18.9. The Morgan fingerprint density at radius 1 is 0.667 bits per heavy atom. The average Bonchev–Trinajstić information content (AvgIpc) is 2.90. The molecule has 0 amide bonds. The van der Waals surface area contributed by atoms with E-state index in [0.717, 1.165) is 32.3 Å². The third-order valence-corrected chi connectivity index (χ3v) is 14.9. The Kier molecular flexibility index (Phi) is 20.5. The number of aliphatic hydroxyl groups excluding tert-OH is 1. The highest BCUT2D eigenvalue weighted by molar-refractivity contribution is 6.77. The summed E-state index contributed by atoms with van der Waals surface area (Å²) < 4.78 is 13.1. The molecule has 0 fully saturated rings. The quantitative estimate of drug-likeness (QED) is 0.0951. The Morgan fingerprint density at radius 2 is 1.18 bits per heavy atom. The van der Waals surface area contributed by atoms with Gasteiger partial charge in [0.15, 0.2) is 8.32 Å². The number of hydrogen-bond donors (Lipinski definition) is 1. The first-order valence-electron chi connectivity index (χ1n) is 16.7. The van der Waals surface area contributed by atoms with Crippen molar-refractivity contribution < 1.29 is 14.3 Å². The zero-order valence-corrected chi connectivity index (χ0v) is 28.1. The van der Waals surface area contributed by atoms with Crippen LogP contribution in [0.3, 0.4) is 0 Å².